The molecule has 0 spiro atoms. The van der Waals surface area contributed by atoms with E-state index in [0.717, 1.165) is 12.2 Å². The molecular formula is C15H22N2O2. The lowest BCUT2D eigenvalue weighted by Gasteiger charge is -2.32. The number of aliphatic carboxylic acids is 1. The molecule has 2 unspecified atom stereocenters. The number of hydrogen-bond donors (Lipinski definition) is 2. The summed E-state index contributed by atoms with van der Waals surface area (Å²) in [5.74, 6) is -1.08. The van der Waals surface area contributed by atoms with Gasteiger partial charge in [0, 0.05) is 31.4 Å². The molecule has 0 saturated carbocycles. The van der Waals surface area contributed by atoms with Crippen LogP contribution in [0.15, 0.2) is 18.2 Å². The predicted molar refractivity (Wildman–Crippen MR) is 76.7 cm³/mol. The van der Waals surface area contributed by atoms with Gasteiger partial charge < -0.3 is 15.3 Å². The second kappa shape index (κ2) is 5.61. The van der Waals surface area contributed by atoms with E-state index in [1.165, 1.54) is 11.1 Å². The summed E-state index contributed by atoms with van der Waals surface area (Å²) in [6.45, 7) is 8.25. The first kappa shape index (κ1) is 13.9. The van der Waals surface area contributed by atoms with E-state index in [0.29, 0.717) is 19.1 Å². The van der Waals surface area contributed by atoms with Crippen molar-refractivity contribution >= 4 is 11.7 Å². The van der Waals surface area contributed by atoms with Gasteiger partial charge in [-0.15, -0.1) is 0 Å². The van der Waals surface area contributed by atoms with Crippen LogP contribution < -0.4 is 10.2 Å². The third kappa shape index (κ3) is 2.89. The number of anilines is 1. The Balaban J connectivity index is 2.33. The first-order valence-electron chi connectivity index (χ1n) is 6.77. The maximum atomic E-state index is 11.3. The molecule has 0 aliphatic carbocycles. The maximum absolute atomic E-state index is 11.3. The first-order chi connectivity index (χ1) is 9.00. The molecule has 0 radical (unpaired) electrons. The highest BCUT2D eigenvalue weighted by molar-refractivity contribution is 5.72. The first-order valence-corrected chi connectivity index (χ1v) is 6.77. The number of aryl methyl sites for hydroxylation is 1. The number of nitrogens with zero attached hydrogens (tertiary/aromatic N) is 1. The van der Waals surface area contributed by atoms with Crippen LogP contribution in [-0.4, -0.2) is 36.8 Å². The zero-order valence-electron chi connectivity index (χ0n) is 11.8. The molecule has 104 valence electrons. The maximum Gasteiger partial charge on any atom is 0.309 e. The molecule has 0 bridgehead atoms. The van der Waals surface area contributed by atoms with E-state index < -0.39 is 5.97 Å². The van der Waals surface area contributed by atoms with Crippen LogP contribution in [0.2, 0.25) is 0 Å². The van der Waals surface area contributed by atoms with Gasteiger partial charge in [0.2, 0.25) is 0 Å². The topological polar surface area (TPSA) is 52.6 Å². The van der Waals surface area contributed by atoms with Gasteiger partial charge in [0.05, 0.1) is 5.92 Å². The summed E-state index contributed by atoms with van der Waals surface area (Å²) >= 11 is 0. The molecule has 19 heavy (non-hydrogen) atoms. The normalized spacial score (nSPS) is 24.1. The third-order valence-electron chi connectivity index (χ3n) is 4.01. The molecule has 1 saturated heterocycles. The van der Waals surface area contributed by atoms with Crippen molar-refractivity contribution in [1.29, 1.82) is 0 Å². The second-order valence-electron chi connectivity index (χ2n) is 5.41. The van der Waals surface area contributed by atoms with Crippen molar-refractivity contribution in [2.24, 2.45) is 5.92 Å². The van der Waals surface area contributed by atoms with Crippen molar-refractivity contribution in [1.82, 2.24) is 5.32 Å². The zero-order valence-corrected chi connectivity index (χ0v) is 11.8. The average molecular weight is 262 g/mol. The van der Waals surface area contributed by atoms with Gasteiger partial charge in [-0.3, -0.25) is 4.79 Å². The van der Waals surface area contributed by atoms with Crippen molar-refractivity contribution < 1.29 is 9.90 Å². The Hall–Kier alpha value is -1.55. The van der Waals surface area contributed by atoms with Gasteiger partial charge in [0.25, 0.3) is 0 Å². The van der Waals surface area contributed by atoms with E-state index in [9.17, 15) is 9.90 Å². The molecule has 4 nitrogen and oxygen atoms in total. The largest absolute Gasteiger partial charge is 0.481 e. The fourth-order valence-corrected chi connectivity index (χ4v) is 2.61. The SMILES string of the molecule is Cc1cccc(N2CC(C(=O)O)CNCC2C)c1C. The van der Waals surface area contributed by atoms with Crippen LogP contribution in [0.25, 0.3) is 0 Å². The molecule has 2 rings (SSSR count). The summed E-state index contributed by atoms with van der Waals surface area (Å²) in [7, 11) is 0. The van der Waals surface area contributed by atoms with Crippen molar-refractivity contribution in [3.63, 3.8) is 0 Å². The lowest BCUT2D eigenvalue weighted by atomic mass is 10.0. The standard InChI is InChI=1S/C15H22N2O2/c1-10-5-4-6-14(12(10)3)17-9-13(15(18)19)8-16-7-11(17)2/h4-6,11,13,16H,7-9H2,1-3H3,(H,18,19). The summed E-state index contributed by atoms with van der Waals surface area (Å²) in [6, 6.07) is 6.51. The minimum absolute atomic E-state index is 0.296. The molecule has 2 N–H and O–H groups in total. The quantitative estimate of drug-likeness (QED) is 0.853. The van der Waals surface area contributed by atoms with Crippen LogP contribution in [0.1, 0.15) is 18.1 Å². The van der Waals surface area contributed by atoms with Crippen LogP contribution in [0, 0.1) is 19.8 Å². The molecule has 0 aromatic heterocycles. The number of carboxylic acids is 1. The number of rotatable bonds is 2. The molecule has 1 fully saturated rings. The Morgan fingerprint density at radius 3 is 2.79 bits per heavy atom. The van der Waals surface area contributed by atoms with Gasteiger partial charge in [0.15, 0.2) is 0 Å². The molecule has 1 aromatic carbocycles. The molecule has 0 amide bonds. The van der Waals surface area contributed by atoms with E-state index in [4.69, 9.17) is 0 Å². The minimum Gasteiger partial charge on any atom is -0.481 e. The van der Waals surface area contributed by atoms with Crippen LogP contribution in [0.4, 0.5) is 5.69 Å². The number of benzene rings is 1. The Morgan fingerprint density at radius 1 is 1.37 bits per heavy atom. The fraction of sp³-hybridized carbons (Fsp3) is 0.533. The summed E-state index contributed by atoms with van der Waals surface area (Å²) in [5.41, 5.74) is 3.64. The second-order valence-corrected chi connectivity index (χ2v) is 5.41. The van der Waals surface area contributed by atoms with Gasteiger partial charge in [-0.05, 0) is 38.0 Å². The highest BCUT2D eigenvalue weighted by Crippen LogP contribution is 2.26. The van der Waals surface area contributed by atoms with Crippen LogP contribution in [-0.2, 0) is 4.79 Å². The van der Waals surface area contributed by atoms with Crippen molar-refractivity contribution in [3.8, 4) is 0 Å². The minimum atomic E-state index is -0.725. The summed E-state index contributed by atoms with van der Waals surface area (Å²) < 4.78 is 0. The molecule has 2 atom stereocenters. The highest BCUT2D eigenvalue weighted by atomic mass is 16.4. The van der Waals surface area contributed by atoms with Crippen molar-refractivity contribution in [3.05, 3.63) is 29.3 Å². The van der Waals surface area contributed by atoms with Crippen LogP contribution in [0.5, 0.6) is 0 Å². The van der Waals surface area contributed by atoms with E-state index in [2.05, 4.69) is 43.1 Å². The summed E-state index contributed by atoms with van der Waals surface area (Å²) in [6.07, 6.45) is 0. The van der Waals surface area contributed by atoms with Gasteiger partial charge in [-0.2, -0.15) is 0 Å². The van der Waals surface area contributed by atoms with Gasteiger partial charge in [0.1, 0.15) is 0 Å². The van der Waals surface area contributed by atoms with Gasteiger partial charge >= 0.3 is 5.97 Å². The Morgan fingerprint density at radius 2 is 2.11 bits per heavy atom. The smallest absolute Gasteiger partial charge is 0.309 e. The van der Waals surface area contributed by atoms with Crippen LogP contribution >= 0.6 is 0 Å². The lowest BCUT2D eigenvalue weighted by molar-refractivity contribution is -0.141. The fourth-order valence-electron chi connectivity index (χ4n) is 2.61. The van der Waals surface area contributed by atoms with E-state index >= 15 is 0 Å². The summed E-state index contributed by atoms with van der Waals surface area (Å²) in [5, 5.41) is 12.5. The Kier molecular flexibility index (Phi) is 4.10. The van der Waals surface area contributed by atoms with E-state index in [1.807, 2.05) is 6.07 Å². The Bertz CT molecular complexity index is 473. The highest BCUT2D eigenvalue weighted by Gasteiger charge is 2.28. The van der Waals surface area contributed by atoms with Crippen molar-refractivity contribution in [2.45, 2.75) is 26.8 Å². The monoisotopic (exact) mass is 262 g/mol. The number of carbonyl (C=O) groups is 1. The number of carboxylic acid groups (broad SMARTS) is 1. The van der Waals surface area contributed by atoms with Gasteiger partial charge in [-0.25, -0.2) is 0 Å². The predicted octanol–water partition coefficient (Wildman–Crippen LogP) is 1.80. The average Bonchev–Trinajstić information content (AvgIpc) is 2.55. The number of nitrogens with one attached hydrogen (secondary N) is 1. The van der Waals surface area contributed by atoms with Gasteiger partial charge in [-0.1, -0.05) is 12.1 Å². The van der Waals surface area contributed by atoms with E-state index in [-0.39, 0.29) is 5.92 Å². The van der Waals surface area contributed by atoms with Crippen molar-refractivity contribution in [2.75, 3.05) is 24.5 Å². The molecule has 4 heteroatoms. The zero-order chi connectivity index (χ0) is 14.0. The number of hydrogen-bond acceptors (Lipinski definition) is 3. The Labute approximate surface area is 114 Å². The molecule has 1 aliphatic heterocycles. The molecule has 1 aromatic rings. The van der Waals surface area contributed by atoms with Crippen LogP contribution in [0.3, 0.4) is 0 Å². The molecule has 1 aliphatic rings. The summed E-state index contributed by atoms with van der Waals surface area (Å²) in [4.78, 5) is 13.5. The van der Waals surface area contributed by atoms with E-state index in [1.54, 1.807) is 0 Å². The molecular weight excluding hydrogens is 240 g/mol. The molecule has 1 heterocycles. The lowest BCUT2D eigenvalue weighted by Crippen LogP contribution is -2.39. The third-order valence-corrected chi connectivity index (χ3v) is 4.01.